The second-order valence-corrected chi connectivity index (χ2v) is 5.29. The lowest BCUT2D eigenvalue weighted by Gasteiger charge is -2.27. The molecule has 0 bridgehead atoms. The first-order valence-electron chi connectivity index (χ1n) is 7.15. The van der Waals surface area contributed by atoms with E-state index in [0.717, 1.165) is 23.9 Å². The Hall–Kier alpha value is -2.10. The summed E-state index contributed by atoms with van der Waals surface area (Å²) in [5, 5.41) is 0.893. The molecule has 0 atom stereocenters. The average Bonchev–Trinajstić information content (AvgIpc) is 3.13. The fourth-order valence-electron chi connectivity index (χ4n) is 3.04. The van der Waals surface area contributed by atoms with Crippen LogP contribution in [0.1, 0.15) is 36.0 Å². The Balaban J connectivity index is 1.94. The van der Waals surface area contributed by atoms with Crippen molar-refractivity contribution in [3.8, 4) is 0 Å². The fourth-order valence-corrected chi connectivity index (χ4v) is 3.04. The van der Waals surface area contributed by atoms with E-state index >= 15 is 0 Å². The van der Waals surface area contributed by atoms with Gasteiger partial charge >= 0.3 is 0 Å². The van der Waals surface area contributed by atoms with E-state index < -0.39 is 0 Å². The number of nitrogens with zero attached hydrogens (tertiary/aromatic N) is 2. The Kier molecular flexibility index (Phi) is 3.54. The Morgan fingerprint density at radius 1 is 1.50 bits per heavy atom. The second kappa shape index (κ2) is 5.49. The van der Waals surface area contributed by atoms with Crippen molar-refractivity contribution in [3.63, 3.8) is 0 Å². The van der Waals surface area contributed by atoms with Crippen molar-refractivity contribution in [3.05, 3.63) is 42.7 Å². The van der Waals surface area contributed by atoms with Crippen molar-refractivity contribution in [2.24, 2.45) is 0 Å². The van der Waals surface area contributed by atoms with Crippen LogP contribution in [0, 0.1) is 0 Å². The molecule has 1 amide bonds. The van der Waals surface area contributed by atoms with Gasteiger partial charge in [-0.3, -0.25) is 4.79 Å². The van der Waals surface area contributed by atoms with Crippen LogP contribution in [-0.2, 0) is 0 Å². The van der Waals surface area contributed by atoms with Gasteiger partial charge in [-0.25, -0.2) is 4.98 Å². The fraction of sp³-hybridized carbons (Fsp3) is 0.375. The molecule has 0 saturated heterocycles. The minimum Gasteiger partial charge on any atom is -0.345 e. The summed E-state index contributed by atoms with van der Waals surface area (Å²) in [5.41, 5.74) is 1.47. The third-order valence-corrected chi connectivity index (χ3v) is 4.03. The number of rotatable bonds is 4. The monoisotopic (exact) mass is 269 g/mol. The van der Waals surface area contributed by atoms with Gasteiger partial charge in [-0.1, -0.05) is 18.9 Å². The summed E-state index contributed by atoms with van der Waals surface area (Å²) in [6.45, 7) is 4.39. The van der Waals surface area contributed by atoms with E-state index in [1.807, 2.05) is 23.1 Å². The van der Waals surface area contributed by atoms with Crippen molar-refractivity contribution < 1.29 is 4.79 Å². The highest BCUT2D eigenvalue weighted by molar-refractivity contribution is 6.06. The van der Waals surface area contributed by atoms with Crippen molar-refractivity contribution in [1.82, 2.24) is 14.9 Å². The topological polar surface area (TPSA) is 49.0 Å². The molecule has 2 aromatic heterocycles. The highest BCUT2D eigenvalue weighted by atomic mass is 16.2. The first-order chi connectivity index (χ1) is 9.81. The van der Waals surface area contributed by atoms with Crippen LogP contribution in [0.5, 0.6) is 0 Å². The SMILES string of the molecule is C=CCN(C(=O)c1c[nH]c2ncccc12)C1CCCC1. The maximum atomic E-state index is 12.8. The molecule has 4 nitrogen and oxygen atoms in total. The number of nitrogens with one attached hydrogen (secondary N) is 1. The normalized spacial score (nSPS) is 15.6. The molecule has 4 heteroatoms. The van der Waals surface area contributed by atoms with Gasteiger partial charge in [0.25, 0.3) is 5.91 Å². The van der Waals surface area contributed by atoms with Crippen molar-refractivity contribution >= 4 is 16.9 Å². The molecule has 0 unspecified atom stereocenters. The van der Waals surface area contributed by atoms with Gasteiger partial charge in [0.2, 0.25) is 0 Å². The zero-order chi connectivity index (χ0) is 13.9. The minimum absolute atomic E-state index is 0.0797. The lowest BCUT2D eigenvalue weighted by atomic mass is 10.1. The van der Waals surface area contributed by atoms with Crippen LogP contribution < -0.4 is 0 Å². The molecule has 1 saturated carbocycles. The van der Waals surface area contributed by atoms with Crippen LogP contribution in [0.2, 0.25) is 0 Å². The smallest absolute Gasteiger partial charge is 0.256 e. The molecule has 3 rings (SSSR count). The molecule has 2 aromatic rings. The molecule has 0 radical (unpaired) electrons. The van der Waals surface area contributed by atoms with E-state index in [0.29, 0.717) is 18.2 Å². The molecular weight excluding hydrogens is 250 g/mol. The molecule has 0 aliphatic heterocycles. The number of hydrogen-bond donors (Lipinski definition) is 1. The maximum Gasteiger partial charge on any atom is 0.256 e. The van der Waals surface area contributed by atoms with E-state index in [9.17, 15) is 4.79 Å². The van der Waals surface area contributed by atoms with Crippen LogP contribution in [0.25, 0.3) is 11.0 Å². The lowest BCUT2D eigenvalue weighted by molar-refractivity contribution is 0.0708. The largest absolute Gasteiger partial charge is 0.345 e. The van der Waals surface area contributed by atoms with E-state index in [1.165, 1.54) is 12.8 Å². The number of pyridine rings is 1. The Morgan fingerprint density at radius 3 is 3.05 bits per heavy atom. The molecular formula is C16H19N3O. The van der Waals surface area contributed by atoms with Crippen LogP contribution >= 0.6 is 0 Å². The molecule has 104 valence electrons. The molecule has 0 aromatic carbocycles. The number of aromatic amines is 1. The number of carbonyl (C=O) groups excluding carboxylic acids is 1. The minimum atomic E-state index is 0.0797. The van der Waals surface area contributed by atoms with Crippen LogP contribution in [0.3, 0.4) is 0 Å². The lowest BCUT2D eigenvalue weighted by Crippen LogP contribution is -2.38. The van der Waals surface area contributed by atoms with Gasteiger partial charge in [0.05, 0.1) is 5.56 Å². The van der Waals surface area contributed by atoms with Gasteiger partial charge in [0.1, 0.15) is 5.65 Å². The number of carbonyl (C=O) groups is 1. The summed E-state index contributed by atoms with van der Waals surface area (Å²) in [6.07, 6.45) is 9.92. The van der Waals surface area contributed by atoms with E-state index in [-0.39, 0.29) is 5.91 Å². The number of amides is 1. The second-order valence-electron chi connectivity index (χ2n) is 5.29. The molecule has 20 heavy (non-hydrogen) atoms. The van der Waals surface area contributed by atoms with E-state index in [2.05, 4.69) is 16.5 Å². The summed E-state index contributed by atoms with van der Waals surface area (Å²) in [5.74, 6) is 0.0797. The van der Waals surface area contributed by atoms with E-state index in [4.69, 9.17) is 0 Å². The van der Waals surface area contributed by atoms with Crippen molar-refractivity contribution in [2.75, 3.05) is 6.54 Å². The number of hydrogen-bond acceptors (Lipinski definition) is 2. The van der Waals surface area contributed by atoms with Crippen LogP contribution in [-0.4, -0.2) is 33.4 Å². The molecule has 1 aliphatic rings. The van der Waals surface area contributed by atoms with Gasteiger partial charge in [0.15, 0.2) is 0 Å². The Morgan fingerprint density at radius 2 is 2.30 bits per heavy atom. The molecule has 1 aliphatic carbocycles. The number of fused-ring (bicyclic) bond motifs is 1. The molecule has 1 fully saturated rings. The summed E-state index contributed by atoms with van der Waals surface area (Å²) in [7, 11) is 0. The summed E-state index contributed by atoms with van der Waals surface area (Å²) >= 11 is 0. The molecule has 1 N–H and O–H groups in total. The van der Waals surface area contributed by atoms with E-state index in [1.54, 1.807) is 12.4 Å². The van der Waals surface area contributed by atoms with Crippen LogP contribution in [0.4, 0.5) is 0 Å². The van der Waals surface area contributed by atoms with Crippen molar-refractivity contribution in [1.29, 1.82) is 0 Å². The van der Waals surface area contributed by atoms with Gasteiger partial charge in [0, 0.05) is 30.4 Å². The summed E-state index contributed by atoms with van der Waals surface area (Å²) in [4.78, 5) is 22.1. The molecule has 2 heterocycles. The Bertz CT molecular complexity index is 625. The van der Waals surface area contributed by atoms with Crippen LogP contribution in [0.15, 0.2) is 37.2 Å². The van der Waals surface area contributed by atoms with Gasteiger partial charge in [-0.2, -0.15) is 0 Å². The van der Waals surface area contributed by atoms with Gasteiger partial charge < -0.3 is 9.88 Å². The first-order valence-corrected chi connectivity index (χ1v) is 7.15. The highest BCUT2D eigenvalue weighted by Crippen LogP contribution is 2.26. The number of H-pyrrole nitrogens is 1. The number of aromatic nitrogens is 2. The average molecular weight is 269 g/mol. The predicted octanol–water partition coefficient (Wildman–Crippen LogP) is 3.13. The summed E-state index contributed by atoms with van der Waals surface area (Å²) < 4.78 is 0. The Labute approximate surface area is 118 Å². The third kappa shape index (κ3) is 2.22. The highest BCUT2D eigenvalue weighted by Gasteiger charge is 2.27. The predicted molar refractivity (Wildman–Crippen MR) is 79.6 cm³/mol. The first kappa shape index (κ1) is 12.9. The van der Waals surface area contributed by atoms with Gasteiger partial charge in [-0.15, -0.1) is 6.58 Å². The third-order valence-electron chi connectivity index (χ3n) is 4.03. The zero-order valence-electron chi connectivity index (χ0n) is 11.5. The van der Waals surface area contributed by atoms with Gasteiger partial charge in [-0.05, 0) is 25.0 Å². The molecule has 0 spiro atoms. The zero-order valence-corrected chi connectivity index (χ0v) is 11.5. The standard InChI is InChI=1S/C16H19N3O/c1-2-10-19(12-6-3-4-7-12)16(20)14-11-18-15-13(14)8-5-9-17-15/h2,5,8-9,11-12H,1,3-4,6-7,10H2,(H,17,18). The maximum absolute atomic E-state index is 12.8. The van der Waals surface area contributed by atoms with Crippen molar-refractivity contribution in [2.45, 2.75) is 31.7 Å². The quantitative estimate of drug-likeness (QED) is 0.867. The summed E-state index contributed by atoms with van der Waals surface area (Å²) in [6, 6.07) is 4.15.